The molecule has 0 heterocycles. The van der Waals surface area contributed by atoms with Gasteiger partial charge in [-0.1, -0.05) is 0 Å². The number of hydrogen-bond acceptors (Lipinski definition) is 4. The third kappa shape index (κ3) is 10.4. The minimum absolute atomic E-state index is 0.121. The van der Waals surface area contributed by atoms with Crippen LogP contribution in [0, 0.1) is 0 Å². The number of carbonyl (C=O) groups is 2. The molecule has 4 N–H and O–H groups in total. The van der Waals surface area contributed by atoms with E-state index in [1.807, 2.05) is 0 Å². The summed E-state index contributed by atoms with van der Waals surface area (Å²) in [7, 11) is 0. The molecule has 0 aliphatic carbocycles. The van der Waals surface area contributed by atoms with Gasteiger partial charge in [-0.05, 0) is 0 Å². The maximum absolute atomic E-state index is 10.2. The highest BCUT2D eigenvalue weighted by atomic mass is 16.5. The second-order valence-corrected chi connectivity index (χ2v) is 2.14. The number of carboxylic acids is 1. The molecule has 13 heavy (non-hydrogen) atoms. The van der Waals surface area contributed by atoms with Gasteiger partial charge in [-0.25, -0.2) is 4.79 Å². The van der Waals surface area contributed by atoms with Gasteiger partial charge in [0.05, 0.1) is 6.61 Å². The zero-order chi connectivity index (χ0) is 10.1. The average molecular weight is 188 g/mol. The summed E-state index contributed by atoms with van der Waals surface area (Å²) in [6, 6.07) is 0. The van der Waals surface area contributed by atoms with Gasteiger partial charge in [0.15, 0.2) is 0 Å². The van der Waals surface area contributed by atoms with Crippen molar-refractivity contribution in [2.45, 2.75) is 0 Å². The topological polar surface area (TPSA) is 102 Å². The van der Waals surface area contributed by atoms with Gasteiger partial charge in [-0.15, -0.1) is 0 Å². The predicted molar refractivity (Wildman–Crippen MR) is 44.8 cm³/mol. The molecule has 0 saturated carbocycles. The molecular formula is C7H12N2O4. The monoisotopic (exact) mass is 188 g/mol. The van der Waals surface area contributed by atoms with E-state index in [-0.39, 0.29) is 6.61 Å². The number of ether oxygens (including phenoxy) is 1. The van der Waals surface area contributed by atoms with E-state index in [0.717, 1.165) is 6.08 Å². The molecule has 0 spiro atoms. The number of carbonyl (C=O) groups excluding carboxylic acids is 1. The molecule has 74 valence electrons. The Morgan fingerprint density at radius 1 is 1.54 bits per heavy atom. The van der Waals surface area contributed by atoms with Crippen LogP contribution in [0.4, 0.5) is 0 Å². The van der Waals surface area contributed by atoms with Gasteiger partial charge in [0.1, 0.15) is 6.61 Å². The lowest BCUT2D eigenvalue weighted by atomic mass is 10.6. The predicted octanol–water partition coefficient (Wildman–Crippen LogP) is -1.32. The van der Waals surface area contributed by atoms with Crippen LogP contribution in [-0.4, -0.2) is 36.7 Å². The van der Waals surface area contributed by atoms with Crippen molar-refractivity contribution in [1.82, 2.24) is 5.32 Å². The molecule has 0 aliphatic rings. The Kier molecular flexibility index (Phi) is 6.26. The molecule has 0 saturated heterocycles. The fourth-order valence-electron chi connectivity index (χ4n) is 0.517. The zero-order valence-corrected chi connectivity index (χ0v) is 7.03. The lowest BCUT2D eigenvalue weighted by molar-refractivity contribution is -0.131. The van der Waals surface area contributed by atoms with E-state index in [4.69, 9.17) is 15.6 Å². The number of carboxylic acid groups (broad SMARTS) is 1. The van der Waals surface area contributed by atoms with Crippen molar-refractivity contribution in [1.29, 1.82) is 0 Å². The fourth-order valence-corrected chi connectivity index (χ4v) is 0.517. The van der Waals surface area contributed by atoms with Crippen LogP contribution < -0.4 is 11.1 Å². The molecule has 0 atom stereocenters. The SMILES string of the molecule is NC(=O)COCCN/C=C/C(=O)O. The molecule has 6 nitrogen and oxygen atoms in total. The lowest BCUT2D eigenvalue weighted by Gasteiger charge is -2.00. The Hall–Kier alpha value is -1.56. The Labute approximate surface area is 75.4 Å². The Bertz CT molecular complexity index is 203. The van der Waals surface area contributed by atoms with Crippen molar-refractivity contribution in [3.63, 3.8) is 0 Å². The van der Waals surface area contributed by atoms with Crippen LogP contribution in [0.1, 0.15) is 0 Å². The number of rotatable bonds is 7. The highest BCUT2D eigenvalue weighted by Gasteiger charge is 1.91. The Balaban J connectivity index is 3.17. The van der Waals surface area contributed by atoms with Gasteiger partial charge < -0.3 is 20.9 Å². The van der Waals surface area contributed by atoms with E-state index in [0.29, 0.717) is 13.2 Å². The molecule has 0 aromatic heterocycles. The third-order valence-electron chi connectivity index (χ3n) is 0.979. The molecule has 0 aliphatic heterocycles. The molecule has 0 aromatic carbocycles. The minimum Gasteiger partial charge on any atom is -0.478 e. The van der Waals surface area contributed by atoms with E-state index in [1.165, 1.54) is 6.20 Å². The standard InChI is InChI=1S/C7H12N2O4/c8-6(10)5-13-4-3-9-2-1-7(11)12/h1-2,9H,3-5H2,(H2,8,10)(H,11,12)/b2-1+. The van der Waals surface area contributed by atoms with Crippen LogP contribution in [0.25, 0.3) is 0 Å². The molecule has 6 heteroatoms. The van der Waals surface area contributed by atoms with Crippen molar-refractivity contribution in [3.05, 3.63) is 12.3 Å². The number of amides is 1. The summed E-state index contributed by atoms with van der Waals surface area (Å²) < 4.78 is 4.78. The lowest BCUT2D eigenvalue weighted by Crippen LogP contribution is -2.21. The van der Waals surface area contributed by atoms with Gasteiger partial charge in [0.2, 0.25) is 5.91 Å². The maximum atomic E-state index is 10.2. The summed E-state index contributed by atoms with van der Waals surface area (Å²) in [5.41, 5.74) is 4.80. The number of nitrogens with two attached hydrogens (primary N) is 1. The van der Waals surface area contributed by atoms with E-state index in [1.54, 1.807) is 0 Å². The first-order valence-electron chi connectivity index (χ1n) is 3.62. The van der Waals surface area contributed by atoms with Crippen LogP contribution in [0.2, 0.25) is 0 Å². The summed E-state index contributed by atoms with van der Waals surface area (Å²) in [6.07, 6.45) is 2.25. The van der Waals surface area contributed by atoms with Crippen LogP contribution in [0.3, 0.4) is 0 Å². The van der Waals surface area contributed by atoms with Gasteiger partial charge >= 0.3 is 5.97 Å². The molecule has 0 unspecified atom stereocenters. The van der Waals surface area contributed by atoms with Gasteiger partial charge in [-0.3, -0.25) is 4.79 Å². The van der Waals surface area contributed by atoms with Crippen molar-refractivity contribution >= 4 is 11.9 Å². The Morgan fingerprint density at radius 2 is 2.23 bits per heavy atom. The smallest absolute Gasteiger partial charge is 0.329 e. The van der Waals surface area contributed by atoms with Crippen LogP contribution in [0.5, 0.6) is 0 Å². The molecule has 0 aromatic rings. The van der Waals surface area contributed by atoms with E-state index in [2.05, 4.69) is 5.32 Å². The van der Waals surface area contributed by atoms with Crippen LogP contribution in [-0.2, 0) is 14.3 Å². The number of aliphatic carboxylic acids is 1. The summed E-state index contributed by atoms with van der Waals surface area (Å²) in [5, 5.41) is 10.8. The first-order valence-corrected chi connectivity index (χ1v) is 3.62. The fraction of sp³-hybridized carbons (Fsp3) is 0.429. The van der Waals surface area contributed by atoms with Crippen molar-refractivity contribution in [2.75, 3.05) is 19.8 Å². The molecule has 0 rings (SSSR count). The molecule has 0 bridgehead atoms. The second-order valence-electron chi connectivity index (χ2n) is 2.14. The molecule has 1 amide bonds. The van der Waals surface area contributed by atoms with Crippen LogP contribution >= 0.6 is 0 Å². The highest BCUT2D eigenvalue weighted by Crippen LogP contribution is 1.73. The summed E-state index contributed by atoms with van der Waals surface area (Å²) in [6.45, 7) is 0.605. The quantitative estimate of drug-likeness (QED) is 0.339. The average Bonchev–Trinajstić information content (AvgIpc) is 2.01. The van der Waals surface area contributed by atoms with Crippen LogP contribution in [0.15, 0.2) is 12.3 Å². The van der Waals surface area contributed by atoms with Gasteiger partial charge in [-0.2, -0.15) is 0 Å². The first-order chi connectivity index (χ1) is 6.13. The van der Waals surface area contributed by atoms with Gasteiger partial charge in [0.25, 0.3) is 0 Å². The number of nitrogens with one attached hydrogen (secondary N) is 1. The summed E-state index contributed by atoms with van der Waals surface area (Å²) in [4.78, 5) is 20.1. The zero-order valence-electron chi connectivity index (χ0n) is 7.03. The Morgan fingerprint density at radius 3 is 2.77 bits per heavy atom. The van der Waals surface area contributed by atoms with Gasteiger partial charge in [0, 0.05) is 18.8 Å². The molecule has 0 fully saturated rings. The van der Waals surface area contributed by atoms with E-state index in [9.17, 15) is 9.59 Å². The summed E-state index contributed by atoms with van der Waals surface area (Å²) in [5.74, 6) is -1.55. The highest BCUT2D eigenvalue weighted by molar-refractivity contribution is 5.79. The summed E-state index contributed by atoms with van der Waals surface area (Å²) >= 11 is 0. The molecular weight excluding hydrogens is 176 g/mol. The second kappa shape index (κ2) is 7.11. The van der Waals surface area contributed by atoms with Crippen molar-refractivity contribution < 1.29 is 19.4 Å². The minimum atomic E-state index is -1.02. The number of hydrogen-bond donors (Lipinski definition) is 3. The third-order valence-corrected chi connectivity index (χ3v) is 0.979. The first kappa shape index (κ1) is 11.4. The molecule has 0 radical (unpaired) electrons. The normalized spacial score (nSPS) is 10.2. The maximum Gasteiger partial charge on any atom is 0.329 e. The van der Waals surface area contributed by atoms with Crippen molar-refractivity contribution in [2.24, 2.45) is 5.73 Å². The van der Waals surface area contributed by atoms with E-state index >= 15 is 0 Å². The van der Waals surface area contributed by atoms with Crippen molar-refractivity contribution in [3.8, 4) is 0 Å². The largest absolute Gasteiger partial charge is 0.478 e. The number of primary amides is 1. The van der Waals surface area contributed by atoms with E-state index < -0.39 is 11.9 Å².